The highest BCUT2D eigenvalue weighted by Gasteiger charge is 2.03. The van der Waals surface area contributed by atoms with Crippen molar-refractivity contribution in [1.29, 1.82) is 0 Å². The number of rotatable bonds is 7. The summed E-state index contributed by atoms with van der Waals surface area (Å²) in [4.78, 5) is 0. The number of hydrogen-bond donors (Lipinski definition) is 1. The molecule has 3 rings (SSSR count). The van der Waals surface area contributed by atoms with E-state index in [0.717, 1.165) is 43.8 Å². The Morgan fingerprint density at radius 2 is 1.71 bits per heavy atom. The molecule has 0 aliphatic rings. The lowest BCUT2D eigenvalue weighted by atomic mass is 10.1. The van der Waals surface area contributed by atoms with E-state index in [-0.39, 0.29) is 0 Å². The molecule has 21 heavy (non-hydrogen) atoms. The van der Waals surface area contributed by atoms with Crippen molar-refractivity contribution in [3.05, 3.63) is 66.1 Å². The average Bonchev–Trinajstić information content (AvgIpc) is 2.95. The third-order valence-electron chi connectivity index (χ3n) is 3.57. The molecule has 1 N–H and O–H groups in total. The van der Waals surface area contributed by atoms with Crippen molar-refractivity contribution in [3.63, 3.8) is 0 Å². The summed E-state index contributed by atoms with van der Waals surface area (Å²) in [6, 6.07) is 16.6. The standard InChI is InChI=1S/C17H20N4/c1-2-7-15(8-3-1)9-6-12-18-13-11-17-20-19-16-10-4-5-14-21(16)17/h1-5,7-8,10,14,18H,6,9,11-13H2. The van der Waals surface area contributed by atoms with Crippen LogP contribution in [-0.2, 0) is 12.8 Å². The highest BCUT2D eigenvalue weighted by atomic mass is 15.2. The smallest absolute Gasteiger partial charge is 0.160 e. The molecule has 0 saturated heterocycles. The Balaban J connectivity index is 1.39. The first-order valence-electron chi connectivity index (χ1n) is 7.47. The number of pyridine rings is 1. The van der Waals surface area contributed by atoms with Crippen LogP contribution in [-0.4, -0.2) is 27.7 Å². The van der Waals surface area contributed by atoms with Crippen LogP contribution in [0.4, 0.5) is 0 Å². The first-order chi connectivity index (χ1) is 10.4. The van der Waals surface area contributed by atoms with Gasteiger partial charge in [0.2, 0.25) is 0 Å². The Kier molecular flexibility index (Phi) is 4.59. The fraction of sp³-hybridized carbons (Fsp3) is 0.294. The summed E-state index contributed by atoms with van der Waals surface area (Å²) in [5.41, 5.74) is 2.32. The van der Waals surface area contributed by atoms with Gasteiger partial charge < -0.3 is 5.32 Å². The van der Waals surface area contributed by atoms with E-state index in [9.17, 15) is 0 Å². The van der Waals surface area contributed by atoms with E-state index in [0.29, 0.717) is 0 Å². The van der Waals surface area contributed by atoms with E-state index in [1.807, 2.05) is 28.8 Å². The van der Waals surface area contributed by atoms with E-state index >= 15 is 0 Å². The summed E-state index contributed by atoms with van der Waals surface area (Å²) in [7, 11) is 0. The van der Waals surface area contributed by atoms with E-state index in [4.69, 9.17) is 0 Å². The van der Waals surface area contributed by atoms with Crippen LogP contribution < -0.4 is 5.32 Å². The number of hydrogen-bond acceptors (Lipinski definition) is 3. The topological polar surface area (TPSA) is 42.2 Å². The summed E-state index contributed by atoms with van der Waals surface area (Å²) in [5.74, 6) is 1.01. The van der Waals surface area contributed by atoms with Crippen LogP contribution in [0, 0.1) is 0 Å². The lowest BCUT2D eigenvalue weighted by Gasteiger charge is -2.04. The Bertz CT molecular complexity index is 675. The normalized spacial score (nSPS) is 11.0. The Hall–Kier alpha value is -2.20. The molecule has 108 valence electrons. The predicted octanol–water partition coefficient (Wildman–Crippen LogP) is 2.49. The molecule has 0 amide bonds. The first kappa shape index (κ1) is 13.8. The molecule has 0 spiro atoms. The molecule has 1 aromatic carbocycles. The molecule has 4 nitrogen and oxygen atoms in total. The van der Waals surface area contributed by atoms with Gasteiger partial charge in [0.15, 0.2) is 5.65 Å². The quantitative estimate of drug-likeness (QED) is 0.676. The number of fused-ring (bicyclic) bond motifs is 1. The van der Waals surface area contributed by atoms with Gasteiger partial charge in [-0.3, -0.25) is 4.40 Å². The molecule has 0 aliphatic carbocycles. The van der Waals surface area contributed by atoms with Crippen molar-refractivity contribution in [1.82, 2.24) is 19.9 Å². The van der Waals surface area contributed by atoms with E-state index in [2.05, 4.69) is 45.8 Å². The number of aryl methyl sites for hydroxylation is 1. The van der Waals surface area contributed by atoms with Crippen molar-refractivity contribution < 1.29 is 0 Å². The average molecular weight is 280 g/mol. The summed E-state index contributed by atoms with van der Waals surface area (Å²) in [6.07, 6.45) is 5.20. The van der Waals surface area contributed by atoms with Crippen LogP contribution in [0.5, 0.6) is 0 Å². The number of nitrogens with zero attached hydrogens (tertiary/aromatic N) is 3. The van der Waals surface area contributed by atoms with Crippen LogP contribution in [0.1, 0.15) is 17.8 Å². The number of aromatic nitrogens is 3. The molecule has 0 radical (unpaired) electrons. The Labute approximate surface area is 124 Å². The minimum atomic E-state index is 0.899. The van der Waals surface area contributed by atoms with Crippen molar-refractivity contribution in [2.75, 3.05) is 13.1 Å². The zero-order valence-corrected chi connectivity index (χ0v) is 12.1. The Morgan fingerprint density at radius 1 is 0.857 bits per heavy atom. The molecular weight excluding hydrogens is 260 g/mol. The third kappa shape index (κ3) is 3.67. The zero-order valence-electron chi connectivity index (χ0n) is 12.1. The largest absolute Gasteiger partial charge is 0.316 e. The van der Waals surface area contributed by atoms with E-state index in [1.54, 1.807) is 0 Å². The molecule has 0 aliphatic heterocycles. The van der Waals surface area contributed by atoms with Gasteiger partial charge >= 0.3 is 0 Å². The van der Waals surface area contributed by atoms with Gasteiger partial charge in [0.1, 0.15) is 5.82 Å². The molecule has 2 heterocycles. The fourth-order valence-corrected chi connectivity index (χ4v) is 2.45. The van der Waals surface area contributed by atoms with Gasteiger partial charge in [-0.1, -0.05) is 36.4 Å². The molecule has 0 fully saturated rings. The molecule has 2 aromatic heterocycles. The van der Waals surface area contributed by atoms with Gasteiger partial charge in [0.25, 0.3) is 0 Å². The highest BCUT2D eigenvalue weighted by molar-refractivity contribution is 5.36. The van der Waals surface area contributed by atoms with Crippen LogP contribution in [0.15, 0.2) is 54.7 Å². The van der Waals surface area contributed by atoms with E-state index < -0.39 is 0 Å². The SMILES string of the molecule is c1ccc(CCCNCCc2nnc3ccccn23)cc1. The second kappa shape index (κ2) is 6.99. The first-order valence-corrected chi connectivity index (χ1v) is 7.47. The monoisotopic (exact) mass is 280 g/mol. The second-order valence-corrected chi connectivity index (χ2v) is 5.13. The van der Waals surface area contributed by atoms with Gasteiger partial charge in [-0.15, -0.1) is 10.2 Å². The van der Waals surface area contributed by atoms with E-state index in [1.165, 1.54) is 5.56 Å². The summed E-state index contributed by atoms with van der Waals surface area (Å²) < 4.78 is 2.05. The van der Waals surface area contributed by atoms with Crippen molar-refractivity contribution in [3.8, 4) is 0 Å². The molecule has 0 bridgehead atoms. The van der Waals surface area contributed by atoms with Gasteiger partial charge in [-0.2, -0.15) is 0 Å². The minimum absolute atomic E-state index is 0.899. The molecule has 4 heteroatoms. The van der Waals surface area contributed by atoms with Gasteiger partial charge in [-0.05, 0) is 37.1 Å². The lowest BCUT2D eigenvalue weighted by Crippen LogP contribution is -2.19. The predicted molar refractivity (Wildman–Crippen MR) is 84.3 cm³/mol. The van der Waals surface area contributed by atoms with Crippen LogP contribution in [0.3, 0.4) is 0 Å². The molecule has 0 atom stereocenters. The minimum Gasteiger partial charge on any atom is -0.316 e. The maximum Gasteiger partial charge on any atom is 0.160 e. The van der Waals surface area contributed by atoms with Crippen LogP contribution >= 0.6 is 0 Å². The third-order valence-corrected chi connectivity index (χ3v) is 3.57. The second-order valence-electron chi connectivity index (χ2n) is 5.13. The lowest BCUT2D eigenvalue weighted by molar-refractivity contribution is 0.635. The van der Waals surface area contributed by atoms with Gasteiger partial charge in [-0.25, -0.2) is 0 Å². The van der Waals surface area contributed by atoms with Gasteiger partial charge in [0.05, 0.1) is 0 Å². The molecule has 3 aromatic rings. The summed E-state index contributed by atoms with van der Waals surface area (Å²) in [6.45, 7) is 1.97. The highest BCUT2D eigenvalue weighted by Crippen LogP contribution is 2.03. The van der Waals surface area contributed by atoms with Crippen molar-refractivity contribution in [2.24, 2.45) is 0 Å². The van der Waals surface area contributed by atoms with Crippen molar-refractivity contribution >= 4 is 5.65 Å². The van der Waals surface area contributed by atoms with Crippen molar-refractivity contribution in [2.45, 2.75) is 19.3 Å². The summed E-state index contributed by atoms with van der Waals surface area (Å²) in [5, 5.41) is 11.9. The summed E-state index contributed by atoms with van der Waals surface area (Å²) >= 11 is 0. The maximum absolute atomic E-state index is 4.23. The molecule has 0 saturated carbocycles. The van der Waals surface area contributed by atoms with Crippen LogP contribution in [0.25, 0.3) is 5.65 Å². The zero-order chi connectivity index (χ0) is 14.3. The molecular formula is C17H20N4. The number of nitrogens with one attached hydrogen (secondary N) is 1. The Morgan fingerprint density at radius 3 is 2.62 bits per heavy atom. The fourth-order valence-electron chi connectivity index (χ4n) is 2.45. The maximum atomic E-state index is 4.23. The van der Waals surface area contributed by atoms with Gasteiger partial charge in [0, 0.05) is 19.2 Å². The number of benzene rings is 1. The molecule has 0 unspecified atom stereocenters. The van der Waals surface area contributed by atoms with Crippen LogP contribution in [0.2, 0.25) is 0 Å².